The van der Waals surface area contributed by atoms with Crippen molar-refractivity contribution in [2.75, 3.05) is 18.5 Å². The molecule has 10 heteroatoms. The van der Waals surface area contributed by atoms with Gasteiger partial charge in [0, 0.05) is 23.6 Å². The summed E-state index contributed by atoms with van der Waals surface area (Å²) >= 11 is 5.79. The highest BCUT2D eigenvalue weighted by molar-refractivity contribution is 6.30. The van der Waals surface area contributed by atoms with Gasteiger partial charge in [-0.15, -0.1) is 0 Å². The molecule has 0 radical (unpaired) electrons. The summed E-state index contributed by atoms with van der Waals surface area (Å²) in [6, 6.07) is 17.4. The van der Waals surface area contributed by atoms with Crippen LogP contribution in [0.5, 0.6) is 0 Å². The van der Waals surface area contributed by atoms with Crippen LogP contribution in [0.4, 0.5) is 5.82 Å². The van der Waals surface area contributed by atoms with Crippen LogP contribution in [0.15, 0.2) is 60.8 Å². The van der Waals surface area contributed by atoms with Crippen molar-refractivity contribution in [3.63, 3.8) is 0 Å². The number of carbonyl (C=O) groups is 3. The number of nitrogens with one attached hydrogen (secondary N) is 2. The van der Waals surface area contributed by atoms with Crippen LogP contribution >= 0.6 is 11.6 Å². The number of benzene rings is 2. The van der Waals surface area contributed by atoms with E-state index in [9.17, 15) is 19.6 Å². The smallest absolute Gasteiger partial charge is 0.306 e. The van der Waals surface area contributed by atoms with Gasteiger partial charge in [-0.05, 0) is 42.8 Å². The largest absolute Gasteiger partial charge is 0.456 e. The lowest BCUT2D eigenvalue weighted by Crippen LogP contribution is -2.26. The van der Waals surface area contributed by atoms with Gasteiger partial charge in [-0.2, -0.15) is 10.4 Å². The van der Waals surface area contributed by atoms with E-state index in [0.29, 0.717) is 22.7 Å². The summed E-state index contributed by atoms with van der Waals surface area (Å²) in [5, 5.41) is 19.2. The van der Waals surface area contributed by atoms with E-state index in [4.69, 9.17) is 16.3 Å². The Balaban J connectivity index is 1.43. The highest BCUT2D eigenvalue weighted by Crippen LogP contribution is 2.19. The molecule has 0 fully saturated rings. The number of hydrogen-bond donors (Lipinski definition) is 2. The van der Waals surface area contributed by atoms with Crippen LogP contribution in [-0.2, 0) is 14.3 Å². The summed E-state index contributed by atoms with van der Waals surface area (Å²) in [5.74, 6) is -1.27. The number of amides is 2. The van der Waals surface area contributed by atoms with E-state index in [0.717, 1.165) is 0 Å². The summed E-state index contributed by atoms with van der Waals surface area (Å²) < 4.78 is 6.40. The second-order valence-corrected chi connectivity index (χ2v) is 7.28. The van der Waals surface area contributed by atoms with Crippen molar-refractivity contribution in [1.82, 2.24) is 15.1 Å². The molecular formula is C23H20ClN5O4. The van der Waals surface area contributed by atoms with Crippen LogP contribution in [0.2, 0.25) is 5.02 Å². The lowest BCUT2D eigenvalue weighted by molar-refractivity contribution is -0.147. The number of hydrogen-bond acceptors (Lipinski definition) is 6. The first-order chi connectivity index (χ1) is 16.0. The summed E-state index contributed by atoms with van der Waals surface area (Å²) in [7, 11) is 0. The minimum atomic E-state index is -0.603. The third-order valence-corrected chi connectivity index (χ3v) is 4.71. The Morgan fingerprint density at radius 2 is 1.82 bits per heavy atom. The quantitative estimate of drug-likeness (QED) is 0.369. The Bertz CT molecular complexity index is 1170. The SMILES string of the molecule is N#Cc1cnn(-c2ccccc2)c1NC(=O)COC(=O)CCCNC(=O)c1ccc(Cl)cc1. The van der Waals surface area contributed by atoms with Gasteiger partial charge in [0.05, 0.1) is 11.9 Å². The molecule has 3 aromatic rings. The van der Waals surface area contributed by atoms with Crippen molar-refractivity contribution in [3.05, 3.63) is 76.9 Å². The predicted octanol–water partition coefficient (Wildman–Crippen LogP) is 3.09. The second kappa shape index (κ2) is 11.5. The zero-order valence-electron chi connectivity index (χ0n) is 17.5. The van der Waals surface area contributed by atoms with Crippen LogP contribution in [0.3, 0.4) is 0 Å². The first kappa shape index (κ1) is 23.5. The van der Waals surface area contributed by atoms with E-state index >= 15 is 0 Å². The third kappa shape index (κ3) is 6.66. The molecule has 3 rings (SSSR count). The summed E-state index contributed by atoms with van der Waals surface area (Å²) in [5.41, 5.74) is 1.30. The van der Waals surface area contributed by atoms with Crippen LogP contribution in [0.25, 0.3) is 5.69 Å². The van der Waals surface area contributed by atoms with Crippen LogP contribution in [0, 0.1) is 11.3 Å². The number of nitriles is 1. The topological polar surface area (TPSA) is 126 Å². The molecule has 0 saturated carbocycles. The van der Waals surface area contributed by atoms with Crippen LogP contribution in [-0.4, -0.2) is 40.7 Å². The van der Waals surface area contributed by atoms with Gasteiger partial charge in [0.2, 0.25) is 0 Å². The van der Waals surface area contributed by atoms with E-state index in [-0.39, 0.29) is 30.3 Å². The molecule has 0 saturated heterocycles. The van der Waals surface area contributed by atoms with Gasteiger partial charge in [-0.3, -0.25) is 14.4 Å². The molecular weight excluding hydrogens is 446 g/mol. The average molecular weight is 466 g/mol. The number of para-hydroxylation sites is 1. The molecule has 168 valence electrons. The Morgan fingerprint density at radius 1 is 1.09 bits per heavy atom. The maximum absolute atomic E-state index is 12.3. The number of nitrogens with zero attached hydrogens (tertiary/aromatic N) is 3. The highest BCUT2D eigenvalue weighted by Gasteiger charge is 2.16. The van der Waals surface area contributed by atoms with Gasteiger partial charge in [-0.1, -0.05) is 29.8 Å². The molecule has 1 aromatic heterocycles. The van der Waals surface area contributed by atoms with Gasteiger partial charge in [0.1, 0.15) is 11.6 Å². The van der Waals surface area contributed by atoms with E-state index in [1.54, 1.807) is 48.5 Å². The fourth-order valence-corrected chi connectivity index (χ4v) is 2.97. The lowest BCUT2D eigenvalue weighted by atomic mass is 10.2. The normalized spacial score (nSPS) is 10.2. The van der Waals surface area contributed by atoms with Crippen LogP contribution < -0.4 is 10.6 Å². The number of ether oxygens (including phenoxy) is 1. The molecule has 0 bridgehead atoms. The van der Waals surface area contributed by atoms with E-state index in [2.05, 4.69) is 15.7 Å². The van der Waals surface area contributed by atoms with Crippen LogP contribution in [0.1, 0.15) is 28.8 Å². The number of esters is 1. The fraction of sp³-hybridized carbons (Fsp3) is 0.174. The molecule has 2 amide bonds. The molecule has 0 atom stereocenters. The maximum atomic E-state index is 12.3. The molecule has 0 spiro atoms. The molecule has 9 nitrogen and oxygen atoms in total. The standard InChI is InChI=1S/C23H20ClN5O4/c24-18-10-8-16(9-11-18)23(32)26-12-4-7-21(31)33-15-20(30)28-22-17(13-25)14-27-29(22)19-5-2-1-3-6-19/h1-3,5-6,8-11,14H,4,7,12,15H2,(H,26,32)(H,28,30). The number of carbonyl (C=O) groups excluding carboxylic acids is 3. The minimum Gasteiger partial charge on any atom is -0.456 e. The number of rotatable bonds is 9. The number of halogens is 1. The van der Waals surface area contributed by atoms with Gasteiger partial charge in [0.15, 0.2) is 12.4 Å². The molecule has 33 heavy (non-hydrogen) atoms. The molecule has 0 aliphatic carbocycles. The Hall–Kier alpha value is -4.16. The van der Waals surface area contributed by atoms with Crippen molar-refractivity contribution in [2.24, 2.45) is 0 Å². The third-order valence-electron chi connectivity index (χ3n) is 4.46. The van der Waals surface area contributed by atoms with Gasteiger partial charge >= 0.3 is 5.97 Å². The van der Waals surface area contributed by atoms with E-state index in [1.165, 1.54) is 10.9 Å². The minimum absolute atomic E-state index is 0.0274. The van der Waals surface area contributed by atoms with Crippen molar-refractivity contribution in [3.8, 4) is 11.8 Å². The summed E-state index contributed by atoms with van der Waals surface area (Å²) in [4.78, 5) is 36.2. The first-order valence-corrected chi connectivity index (χ1v) is 10.4. The zero-order valence-corrected chi connectivity index (χ0v) is 18.2. The lowest BCUT2D eigenvalue weighted by Gasteiger charge is -2.10. The molecule has 0 aliphatic heterocycles. The number of anilines is 1. The van der Waals surface area contributed by atoms with E-state index in [1.807, 2.05) is 12.1 Å². The summed E-state index contributed by atoms with van der Waals surface area (Å²) in [6.45, 7) is -0.245. The molecule has 0 aliphatic rings. The van der Waals surface area contributed by atoms with E-state index < -0.39 is 18.5 Å². The first-order valence-electron chi connectivity index (χ1n) is 10.0. The number of aromatic nitrogens is 2. The monoisotopic (exact) mass is 465 g/mol. The Kier molecular flexibility index (Phi) is 8.16. The molecule has 2 aromatic carbocycles. The highest BCUT2D eigenvalue weighted by atomic mass is 35.5. The second-order valence-electron chi connectivity index (χ2n) is 6.84. The average Bonchev–Trinajstić information content (AvgIpc) is 3.23. The Morgan fingerprint density at radius 3 is 2.52 bits per heavy atom. The molecule has 0 unspecified atom stereocenters. The van der Waals surface area contributed by atoms with Gasteiger partial charge in [0.25, 0.3) is 11.8 Å². The fourth-order valence-electron chi connectivity index (χ4n) is 2.84. The molecule has 2 N–H and O–H groups in total. The molecule has 1 heterocycles. The van der Waals surface area contributed by atoms with Gasteiger partial charge in [-0.25, -0.2) is 4.68 Å². The zero-order chi connectivity index (χ0) is 23.6. The van der Waals surface area contributed by atoms with Crippen molar-refractivity contribution >= 4 is 35.2 Å². The van der Waals surface area contributed by atoms with Crippen molar-refractivity contribution in [1.29, 1.82) is 5.26 Å². The van der Waals surface area contributed by atoms with Gasteiger partial charge < -0.3 is 15.4 Å². The predicted molar refractivity (Wildman–Crippen MR) is 121 cm³/mol. The van der Waals surface area contributed by atoms with Crippen molar-refractivity contribution < 1.29 is 19.1 Å². The van der Waals surface area contributed by atoms with Crippen molar-refractivity contribution in [2.45, 2.75) is 12.8 Å². The summed E-state index contributed by atoms with van der Waals surface area (Å²) in [6.07, 6.45) is 1.71. The Labute approximate surface area is 194 Å². The maximum Gasteiger partial charge on any atom is 0.306 e.